The van der Waals surface area contributed by atoms with Crippen LogP contribution < -0.4 is 5.32 Å². The van der Waals surface area contributed by atoms with Crippen LogP contribution in [0.3, 0.4) is 0 Å². The van der Waals surface area contributed by atoms with E-state index in [0.29, 0.717) is 16.8 Å². The summed E-state index contributed by atoms with van der Waals surface area (Å²) >= 11 is 1.54. The number of amides is 3. The van der Waals surface area contributed by atoms with Gasteiger partial charge in [0.2, 0.25) is 5.91 Å². The molecule has 6 nitrogen and oxygen atoms in total. The van der Waals surface area contributed by atoms with E-state index in [1.165, 1.54) is 11.3 Å². The first kappa shape index (κ1) is 15.5. The molecule has 0 bridgehead atoms. The lowest BCUT2D eigenvalue weighted by molar-refractivity contribution is -0.116. The summed E-state index contributed by atoms with van der Waals surface area (Å²) in [6, 6.07) is 12.0. The molecule has 0 saturated carbocycles. The summed E-state index contributed by atoms with van der Waals surface area (Å²) in [5.74, 6) is -1.30. The number of hydrogen-bond donors (Lipinski definition) is 1. The second-order valence-electron chi connectivity index (χ2n) is 5.71. The molecule has 124 valence electrons. The summed E-state index contributed by atoms with van der Waals surface area (Å²) in [5.41, 5.74) is 2.15. The Bertz CT molecular complexity index is 1010. The van der Waals surface area contributed by atoms with Gasteiger partial charge in [-0.1, -0.05) is 12.1 Å². The number of carbonyl (C=O) groups is 3. The van der Waals surface area contributed by atoms with Gasteiger partial charge >= 0.3 is 0 Å². The Kier molecular flexibility index (Phi) is 3.58. The number of nitrogens with zero attached hydrogens (tertiary/aromatic N) is 2. The Hall–Kier alpha value is -3.06. The van der Waals surface area contributed by atoms with Crippen LogP contribution in [-0.4, -0.2) is 34.2 Å². The summed E-state index contributed by atoms with van der Waals surface area (Å²) in [5, 5.41) is 3.68. The third kappa shape index (κ3) is 2.68. The average Bonchev–Trinajstić information content (AvgIpc) is 3.07. The Balaban J connectivity index is 1.50. The quantitative estimate of drug-likeness (QED) is 0.736. The molecular formula is C18H13N3O3S. The minimum Gasteiger partial charge on any atom is -0.324 e. The van der Waals surface area contributed by atoms with Crippen molar-refractivity contribution in [2.24, 2.45) is 0 Å². The van der Waals surface area contributed by atoms with Crippen LogP contribution in [0.2, 0.25) is 0 Å². The van der Waals surface area contributed by atoms with Gasteiger partial charge in [-0.25, -0.2) is 4.98 Å². The van der Waals surface area contributed by atoms with Crippen molar-refractivity contribution < 1.29 is 14.4 Å². The molecule has 3 amide bonds. The maximum Gasteiger partial charge on any atom is 0.262 e. The van der Waals surface area contributed by atoms with Gasteiger partial charge in [-0.05, 0) is 37.3 Å². The van der Waals surface area contributed by atoms with Crippen molar-refractivity contribution in [2.75, 3.05) is 11.9 Å². The van der Waals surface area contributed by atoms with Crippen LogP contribution in [0.25, 0.3) is 10.2 Å². The lowest BCUT2D eigenvalue weighted by Gasteiger charge is -2.13. The fourth-order valence-corrected chi connectivity index (χ4v) is 3.71. The van der Waals surface area contributed by atoms with Crippen molar-refractivity contribution in [3.63, 3.8) is 0 Å². The maximum atomic E-state index is 12.3. The number of anilines is 1. The highest BCUT2D eigenvalue weighted by Crippen LogP contribution is 2.25. The van der Waals surface area contributed by atoms with Gasteiger partial charge in [0.25, 0.3) is 11.8 Å². The molecule has 2 aromatic carbocycles. The highest BCUT2D eigenvalue weighted by molar-refractivity contribution is 7.18. The number of fused-ring (bicyclic) bond motifs is 2. The number of nitrogens with one attached hydrogen (secondary N) is 1. The topological polar surface area (TPSA) is 79.4 Å². The third-order valence-corrected chi connectivity index (χ3v) is 4.89. The zero-order chi connectivity index (χ0) is 17.6. The van der Waals surface area contributed by atoms with Crippen molar-refractivity contribution in [1.29, 1.82) is 0 Å². The summed E-state index contributed by atoms with van der Waals surface area (Å²) in [4.78, 5) is 42.2. The summed E-state index contributed by atoms with van der Waals surface area (Å²) in [6.45, 7) is 1.61. The summed E-state index contributed by atoms with van der Waals surface area (Å²) < 4.78 is 0.969. The van der Waals surface area contributed by atoms with E-state index in [2.05, 4.69) is 10.3 Å². The molecule has 2 heterocycles. The largest absolute Gasteiger partial charge is 0.324 e. The van der Waals surface area contributed by atoms with E-state index < -0.39 is 17.7 Å². The predicted octanol–water partition coefficient (Wildman–Crippen LogP) is 2.84. The minimum absolute atomic E-state index is 0.313. The normalized spacial score (nSPS) is 13.4. The lowest BCUT2D eigenvalue weighted by Crippen LogP contribution is -2.37. The molecule has 0 aliphatic carbocycles. The van der Waals surface area contributed by atoms with Gasteiger partial charge in [-0.3, -0.25) is 19.3 Å². The second-order valence-corrected chi connectivity index (χ2v) is 6.94. The molecule has 0 radical (unpaired) electrons. The number of rotatable bonds is 3. The molecule has 3 aromatic rings. The van der Waals surface area contributed by atoms with Crippen molar-refractivity contribution >= 4 is 45.0 Å². The van der Waals surface area contributed by atoms with Crippen LogP contribution in [-0.2, 0) is 4.79 Å². The zero-order valence-corrected chi connectivity index (χ0v) is 14.1. The average molecular weight is 351 g/mol. The predicted molar refractivity (Wildman–Crippen MR) is 94.8 cm³/mol. The van der Waals surface area contributed by atoms with E-state index in [4.69, 9.17) is 0 Å². The van der Waals surface area contributed by atoms with Crippen molar-refractivity contribution in [3.05, 3.63) is 58.6 Å². The van der Waals surface area contributed by atoms with Crippen LogP contribution in [0.1, 0.15) is 25.7 Å². The van der Waals surface area contributed by atoms with Crippen LogP contribution in [0.4, 0.5) is 5.69 Å². The van der Waals surface area contributed by atoms with Crippen LogP contribution in [0, 0.1) is 6.92 Å². The van der Waals surface area contributed by atoms with Gasteiger partial charge in [0, 0.05) is 5.69 Å². The first-order valence-corrected chi connectivity index (χ1v) is 8.47. The second kappa shape index (κ2) is 5.78. The van der Waals surface area contributed by atoms with Crippen LogP contribution >= 0.6 is 11.3 Å². The number of hydrogen-bond acceptors (Lipinski definition) is 5. The molecule has 0 fully saturated rings. The summed E-state index contributed by atoms with van der Waals surface area (Å²) in [7, 11) is 0. The molecule has 1 aromatic heterocycles. The molecule has 1 aliphatic rings. The SMILES string of the molecule is Cc1nc2ccc(NC(=O)CN3C(=O)c4ccccc4C3=O)cc2s1. The van der Waals surface area contributed by atoms with Gasteiger partial charge in [-0.2, -0.15) is 0 Å². The number of imide groups is 1. The standard InChI is InChI=1S/C18H13N3O3S/c1-10-19-14-7-6-11(8-15(14)25-10)20-16(22)9-21-17(23)12-4-2-3-5-13(12)18(21)24/h2-8H,9H2,1H3,(H,20,22). The fourth-order valence-electron chi connectivity index (χ4n) is 2.84. The number of aromatic nitrogens is 1. The minimum atomic E-state index is -0.440. The molecule has 1 N–H and O–H groups in total. The van der Waals surface area contributed by atoms with E-state index in [1.54, 1.807) is 30.3 Å². The Morgan fingerprint density at radius 3 is 2.48 bits per heavy atom. The molecule has 25 heavy (non-hydrogen) atoms. The number of benzene rings is 2. The van der Waals surface area contributed by atoms with Crippen molar-refractivity contribution in [2.45, 2.75) is 6.92 Å². The first-order valence-electron chi connectivity index (χ1n) is 7.65. The fraction of sp³-hybridized carbons (Fsp3) is 0.111. The van der Waals surface area contributed by atoms with E-state index in [-0.39, 0.29) is 6.54 Å². The Labute approximate surface area is 147 Å². The van der Waals surface area contributed by atoms with Crippen molar-refractivity contribution in [3.8, 4) is 0 Å². The molecule has 7 heteroatoms. The highest BCUT2D eigenvalue weighted by Gasteiger charge is 2.36. The van der Waals surface area contributed by atoms with E-state index >= 15 is 0 Å². The van der Waals surface area contributed by atoms with Crippen molar-refractivity contribution in [1.82, 2.24) is 9.88 Å². The maximum absolute atomic E-state index is 12.3. The number of aryl methyl sites for hydroxylation is 1. The molecule has 0 spiro atoms. The first-order chi connectivity index (χ1) is 12.0. The van der Waals surface area contributed by atoms with Crippen LogP contribution in [0.5, 0.6) is 0 Å². The van der Waals surface area contributed by atoms with E-state index in [9.17, 15) is 14.4 Å². The zero-order valence-electron chi connectivity index (χ0n) is 13.3. The molecule has 0 atom stereocenters. The van der Waals surface area contributed by atoms with Gasteiger partial charge in [-0.15, -0.1) is 11.3 Å². The molecule has 1 aliphatic heterocycles. The van der Waals surface area contributed by atoms with Crippen LogP contribution in [0.15, 0.2) is 42.5 Å². The molecule has 0 saturated heterocycles. The molecule has 4 rings (SSSR count). The van der Waals surface area contributed by atoms with E-state index in [1.807, 2.05) is 19.1 Å². The van der Waals surface area contributed by atoms with Gasteiger partial charge in [0.05, 0.1) is 26.4 Å². The Morgan fingerprint density at radius 1 is 1.12 bits per heavy atom. The van der Waals surface area contributed by atoms with Gasteiger partial charge < -0.3 is 5.32 Å². The molecule has 0 unspecified atom stereocenters. The van der Waals surface area contributed by atoms with Gasteiger partial charge in [0.1, 0.15) is 6.54 Å². The smallest absolute Gasteiger partial charge is 0.262 e. The summed E-state index contributed by atoms with van der Waals surface area (Å²) in [6.07, 6.45) is 0. The number of carbonyl (C=O) groups excluding carboxylic acids is 3. The Morgan fingerprint density at radius 2 is 1.80 bits per heavy atom. The van der Waals surface area contributed by atoms with E-state index in [0.717, 1.165) is 20.1 Å². The third-order valence-electron chi connectivity index (χ3n) is 3.96. The molecular weight excluding hydrogens is 338 g/mol. The highest BCUT2D eigenvalue weighted by atomic mass is 32.1. The van der Waals surface area contributed by atoms with Gasteiger partial charge in [0.15, 0.2) is 0 Å². The monoisotopic (exact) mass is 351 g/mol. The lowest BCUT2D eigenvalue weighted by atomic mass is 10.1. The number of thiazole rings is 1.